The number of hydrogen-bond donors (Lipinski definition) is 0. The van der Waals surface area contributed by atoms with Gasteiger partial charge in [-0.15, -0.1) is 11.3 Å². The Bertz CT molecular complexity index is 3850. The van der Waals surface area contributed by atoms with Crippen molar-refractivity contribution < 1.29 is 0 Å². The monoisotopic (exact) mass is 936 g/mol. The summed E-state index contributed by atoms with van der Waals surface area (Å²) in [6.07, 6.45) is 0. The molecule has 0 N–H and O–H groups in total. The molecule has 3 heterocycles. The summed E-state index contributed by atoms with van der Waals surface area (Å²) in [5.74, 6) is 0. The smallest absolute Gasteiger partial charge is 0.264 e. The molecule has 0 fully saturated rings. The number of rotatable bonds is 3. The van der Waals surface area contributed by atoms with Crippen molar-refractivity contribution in [2.24, 2.45) is 0 Å². The summed E-state index contributed by atoms with van der Waals surface area (Å²) in [6.45, 7) is 25.8. The van der Waals surface area contributed by atoms with E-state index < -0.39 is 0 Å². The molecule has 0 saturated heterocycles. The molecule has 71 heavy (non-hydrogen) atoms. The van der Waals surface area contributed by atoms with Crippen LogP contribution in [0.25, 0.3) is 53.9 Å². The highest BCUT2D eigenvalue weighted by Crippen LogP contribution is 2.55. The van der Waals surface area contributed by atoms with Crippen molar-refractivity contribution in [2.75, 3.05) is 9.80 Å². The Morgan fingerprint density at radius 1 is 0.437 bits per heavy atom. The maximum atomic E-state index is 2.67. The van der Waals surface area contributed by atoms with Crippen LogP contribution in [0.3, 0.4) is 0 Å². The van der Waals surface area contributed by atoms with E-state index in [0.717, 1.165) is 0 Å². The van der Waals surface area contributed by atoms with Crippen molar-refractivity contribution >= 4 is 99.5 Å². The summed E-state index contributed by atoms with van der Waals surface area (Å²) in [5.41, 5.74) is 22.0. The van der Waals surface area contributed by atoms with Crippen LogP contribution in [0, 0.1) is 0 Å². The summed E-state index contributed by atoms with van der Waals surface area (Å²) in [4.78, 5) is 5.27. The van der Waals surface area contributed by atoms with Crippen molar-refractivity contribution in [1.29, 1.82) is 0 Å². The highest BCUT2D eigenvalue weighted by Gasteiger charge is 2.47. The summed E-state index contributed by atoms with van der Waals surface area (Å²) in [5, 5.41) is 6.38. The van der Waals surface area contributed by atoms with E-state index in [9.17, 15) is 0 Å². The SMILES string of the molecule is CC(C)(C)c1ccc(N2c3ccc(C(C)(C)C)cc3B3c4sc5cc6c(cc5c4N(c4ccc(C(C)(C)C)cc4)c4cc(-c5cc7ccccc7c7ccccc57)cc2c43)-c2ccccc2C6(C)C)cc1. The molecule has 0 radical (unpaired) electrons. The molecule has 0 unspecified atom stereocenters. The Labute approximate surface area is 424 Å². The van der Waals surface area contributed by atoms with Crippen LogP contribution >= 0.6 is 11.3 Å². The van der Waals surface area contributed by atoms with Crippen LogP contribution in [0.2, 0.25) is 0 Å². The topological polar surface area (TPSA) is 6.48 Å². The Morgan fingerprint density at radius 2 is 1.00 bits per heavy atom. The minimum Gasteiger partial charge on any atom is -0.311 e. The number of fused-ring (bicyclic) bond motifs is 12. The van der Waals surface area contributed by atoms with Crippen LogP contribution in [-0.4, -0.2) is 6.71 Å². The summed E-state index contributed by atoms with van der Waals surface area (Å²) >= 11 is 2.01. The molecular weight excluding hydrogens is 876 g/mol. The van der Waals surface area contributed by atoms with Gasteiger partial charge in [0.15, 0.2) is 0 Å². The van der Waals surface area contributed by atoms with E-state index in [2.05, 4.69) is 256 Å². The normalized spacial score (nSPS) is 14.7. The van der Waals surface area contributed by atoms with Gasteiger partial charge in [0.05, 0.1) is 5.69 Å². The predicted octanol–water partition coefficient (Wildman–Crippen LogP) is 17.2. The maximum absolute atomic E-state index is 2.67. The molecule has 2 nitrogen and oxygen atoms in total. The van der Waals surface area contributed by atoms with E-state index in [-0.39, 0.29) is 28.4 Å². The van der Waals surface area contributed by atoms with Gasteiger partial charge in [0.1, 0.15) is 0 Å². The number of benzene rings is 9. The number of thiophene rings is 1. The summed E-state index contributed by atoms with van der Waals surface area (Å²) in [7, 11) is 0. The average molecular weight is 937 g/mol. The van der Waals surface area contributed by atoms with E-state index in [1.807, 2.05) is 11.3 Å². The third-order valence-electron chi connectivity index (χ3n) is 16.3. The number of anilines is 6. The van der Waals surface area contributed by atoms with Gasteiger partial charge in [-0.3, -0.25) is 0 Å². The van der Waals surface area contributed by atoms with Gasteiger partial charge in [-0.25, -0.2) is 0 Å². The average Bonchev–Trinajstić information content (AvgIpc) is 3.82. The lowest BCUT2D eigenvalue weighted by Crippen LogP contribution is -2.60. The molecule has 9 aromatic carbocycles. The zero-order chi connectivity index (χ0) is 49.1. The van der Waals surface area contributed by atoms with Crippen molar-refractivity contribution in [2.45, 2.75) is 97.8 Å². The highest BCUT2D eigenvalue weighted by atomic mass is 32.1. The molecular formula is C67H61BN2S. The van der Waals surface area contributed by atoms with Crippen molar-refractivity contribution in [3.63, 3.8) is 0 Å². The van der Waals surface area contributed by atoms with Crippen molar-refractivity contribution in [1.82, 2.24) is 0 Å². The molecule has 13 rings (SSSR count). The van der Waals surface area contributed by atoms with Gasteiger partial charge in [0, 0.05) is 48.7 Å². The van der Waals surface area contributed by atoms with Gasteiger partial charge in [-0.05, 0) is 159 Å². The molecule has 4 heteroatoms. The van der Waals surface area contributed by atoms with Crippen LogP contribution in [0.4, 0.5) is 34.1 Å². The largest absolute Gasteiger partial charge is 0.311 e. The first-order chi connectivity index (χ1) is 33.9. The van der Waals surface area contributed by atoms with Gasteiger partial charge in [0.25, 0.3) is 6.71 Å². The molecule has 2 aliphatic heterocycles. The fourth-order valence-electron chi connectivity index (χ4n) is 12.4. The predicted molar refractivity (Wildman–Crippen MR) is 310 cm³/mol. The van der Waals surface area contributed by atoms with Gasteiger partial charge in [-0.2, -0.15) is 0 Å². The minimum absolute atomic E-state index is 0.00238. The quantitative estimate of drug-likeness (QED) is 0.129. The van der Waals surface area contributed by atoms with E-state index in [1.165, 1.54) is 132 Å². The standard InChI is InChI=1S/C67H61BN2S/c1-64(2,3)42-24-29-45(30-25-42)69-57-33-28-44(66(7,8)9)37-56(57)68-61-58(69)35-41(51-34-40-18-12-13-19-47(40)48-20-14-15-21-49(48)51)36-59(61)70(46-31-26-43(27-32-46)65(4,5)6)62-53-38-52-50-22-16-17-23-54(50)67(10,11)55(52)39-60(53)71-63(62)68/h12-39H,1-11H3. The molecule has 0 bridgehead atoms. The first-order valence-electron chi connectivity index (χ1n) is 25.6. The molecule has 0 saturated carbocycles. The van der Waals surface area contributed by atoms with Crippen LogP contribution in [0.5, 0.6) is 0 Å². The van der Waals surface area contributed by atoms with Gasteiger partial charge in [-0.1, -0.05) is 185 Å². The van der Waals surface area contributed by atoms with Crippen LogP contribution in [0.15, 0.2) is 170 Å². The Kier molecular flexibility index (Phi) is 9.36. The zero-order valence-corrected chi connectivity index (χ0v) is 43.9. The van der Waals surface area contributed by atoms with Crippen LogP contribution in [-0.2, 0) is 21.7 Å². The lowest BCUT2D eigenvalue weighted by Gasteiger charge is -2.44. The van der Waals surface area contributed by atoms with E-state index in [0.29, 0.717) is 0 Å². The van der Waals surface area contributed by atoms with E-state index in [4.69, 9.17) is 0 Å². The number of nitrogens with zero attached hydrogens (tertiary/aromatic N) is 2. The van der Waals surface area contributed by atoms with Gasteiger partial charge >= 0.3 is 0 Å². The second-order valence-corrected chi connectivity index (χ2v) is 25.3. The first-order valence-corrected chi connectivity index (χ1v) is 26.4. The molecule has 1 aromatic heterocycles. The fraction of sp³-hybridized carbons (Fsp3) is 0.224. The lowest BCUT2D eigenvalue weighted by molar-refractivity contribution is 0.590. The molecule has 0 spiro atoms. The minimum atomic E-state index is -0.108. The molecule has 3 aliphatic rings. The van der Waals surface area contributed by atoms with Gasteiger partial charge < -0.3 is 9.80 Å². The Morgan fingerprint density at radius 3 is 1.66 bits per heavy atom. The van der Waals surface area contributed by atoms with Gasteiger partial charge in [0.2, 0.25) is 0 Å². The third-order valence-corrected chi connectivity index (χ3v) is 17.5. The van der Waals surface area contributed by atoms with Crippen molar-refractivity contribution in [3.8, 4) is 22.3 Å². The lowest BCUT2D eigenvalue weighted by atomic mass is 9.36. The van der Waals surface area contributed by atoms with Crippen LogP contribution in [0.1, 0.15) is 104 Å². The molecule has 348 valence electrons. The first kappa shape index (κ1) is 44.1. The Hall–Kier alpha value is -6.88. The maximum Gasteiger partial charge on any atom is 0.264 e. The molecule has 0 atom stereocenters. The molecule has 0 amide bonds. The fourth-order valence-corrected chi connectivity index (χ4v) is 13.7. The summed E-state index contributed by atoms with van der Waals surface area (Å²) in [6, 6.07) is 66.0. The highest BCUT2D eigenvalue weighted by molar-refractivity contribution is 7.33. The van der Waals surface area contributed by atoms with E-state index in [1.54, 1.807) is 0 Å². The van der Waals surface area contributed by atoms with E-state index >= 15 is 0 Å². The summed E-state index contributed by atoms with van der Waals surface area (Å²) < 4.78 is 2.75. The second kappa shape index (κ2) is 15.1. The molecule has 10 aromatic rings. The van der Waals surface area contributed by atoms with Crippen molar-refractivity contribution in [3.05, 3.63) is 198 Å². The zero-order valence-electron chi connectivity index (χ0n) is 43.0. The number of hydrogen-bond acceptors (Lipinski definition) is 3. The second-order valence-electron chi connectivity index (χ2n) is 24.2. The van der Waals surface area contributed by atoms with Crippen LogP contribution < -0.4 is 25.5 Å². The molecule has 1 aliphatic carbocycles. The Balaban J connectivity index is 1.19. The third kappa shape index (κ3) is 6.59.